The van der Waals surface area contributed by atoms with Crippen LogP contribution in [-0.2, 0) is 18.9 Å². The van der Waals surface area contributed by atoms with Gasteiger partial charge in [-0.1, -0.05) is 38.8 Å². The van der Waals surface area contributed by atoms with Crippen LogP contribution in [0.3, 0.4) is 0 Å². The Balaban J connectivity index is 3.15. The van der Waals surface area contributed by atoms with E-state index in [0.29, 0.717) is 18.4 Å². The first-order valence-electron chi connectivity index (χ1n) is 8.09. The predicted octanol–water partition coefficient (Wildman–Crippen LogP) is 3.60. The van der Waals surface area contributed by atoms with Gasteiger partial charge in [0.1, 0.15) is 0 Å². The Labute approximate surface area is 144 Å². The maximum atomic E-state index is 11.9. The molecule has 0 saturated heterocycles. The van der Waals surface area contributed by atoms with Gasteiger partial charge in [-0.05, 0) is 42.2 Å². The van der Waals surface area contributed by atoms with Gasteiger partial charge >= 0.3 is 8.56 Å². The molecule has 134 valence electrons. The lowest BCUT2D eigenvalue weighted by Crippen LogP contribution is -2.51. The van der Waals surface area contributed by atoms with Crippen molar-refractivity contribution >= 4 is 23.8 Å². The Morgan fingerprint density at radius 3 is 2.25 bits per heavy atom. The fourth-order valence-corrected chi connectivity index (χ4v) is 5.19. The zero-order chi connectivity index (χ0) is 18.1. The van der Waals surface area contributed by atoms with E-state index in [9.17, 15) is 8.42 Å². The highest BCUT2D eigenvalue weighted by atomic mass is 32.2. The summed E-state index contributed by atoms with van der Waals surface area (Å²) in [5.74, 6) is 0. The van der Waals surface area contributed by atoms with E-state index in [4.69, 9.17) is 14.4 Å². The second-order valence-corrected chi connectivity index (χ2v) is 10.2. The number of hydrogen-bond acceptors (Lipinski definition) is 4. The van der Waals surface area contributed by atoms with Crippen LogP contribution in [0.5, 0.6) is 0 Å². The smallest absolute Gasteiger partial charge is 0.369 e. The molecule has 1 rings (SSSR count). The van der Waals surface area contributed by atoms with E-state index >= 15 is 0 Å². The standard InChI is InChI=1S/C15H25N3O4SSi/c1-4-6-11-21-24(3,22-12-7-5-2)15-10-8-9-14(13-15)23(19,20)18-17-16/h8-10,13H,4-7,11-12H2,1-3H3. The molecule has 0 radical (unpaired) electrons. The van der Waals surface area contributed by atoms with Crippen molar-refractivity contribution in [1.29, 1.82) is 0 Å². The Kier molecular flexibility index (Phi) is 8.44. The summed E-state index contributed by atoms with van der Waals surface area (Å²) in [6, 6.07) is 6.32. The Morgan fingerprint density at radius 2 is 1.75 bits per heavy atom. The van der Waals surface area contributed by atoms with Gasteiger partial charge in [-0.15, -0.1) is 0 Å². The van der Waals surface area contributed by atoms with Gasteiger partial charge in [-0.3, -0.25) is 0 Å². The highest BCUT2D eigenvalue weighted by Crippen LogP contribution is 2.16. The molecular weight excluding hydrogens is 346 g/mol. The topological polar surface area (TPSA) is 101 Å². The predicted molar refractivity (Wildman–Crippen MR) is 95.7 cm³/mol. The highest BCUT2D eigenvalue weighted by molar-refractivity contribution is 7.90. The zero-order valence-corrected chi connectivity index (χ0v) is 16.3. The summed E-state index contributed by atoms with van der Waals surface area (Å²) in [4.78, 5) is 2.34. The number of azide groups is 1. The van der Waals surface area contributed by atoms with Crippen LogP contribution in [0.1, 0.15) is 39.5 Å². The van der Waals surface area contributed by atoms with Gasteiger partial charge in [0.15, 0.2) is 0 Å². The second-order valence-electron chi connectivity index (χ2n) is 5.52. The molecule has 0 fully saturated rings. The van der Waals surface area contributed by atoms with Crippen LogP contribution in [0.2, 0.25) is 6.55 Å². The summed E-state index contributed by atoms with van der Waals surface area (Å²) in [7, 11) is -6.76. The summed E-state index contributed by atoms with van der Waals surface area (Å²) >= 11 is 0. The number of hydrogen-bond donors (Lipinski definition) is 0. The molecular formula is C15H25N3O4SSi. The molecule has 24 heavy (non-hydrogen) atoms. The molecule has 0 saturated carbocycles. The molecule has 0 aliphatic rings. The van der Waals surface area contributed by atoms with Crippen LogP contribution >= 0.6 is 0 Å². The first kappa shape index (κ1) is 20.7. The summed E-state index contributed by atoms with van der Waals surface area (Å²) in [6.07, 6.45) is 3.84. The summed E-state index contributed by atoms with van der Waals surface area (Å²) in [5, 5.41) is 0.712. The van der Waals surface area contributed by atoms with E-state index in [1.165, 1.54) is 12.1 Å². The quantitative estimate of drug-likeness (QED) is 0.195. The molecule has 1 aromatic rings. The number of benzene rings is 1. The second kappa shape index (κ2) is 9.80. The van der Waals surface area contributed by atoms with Crippen molar-refractivity contribution in [2.24, 2.45) is 4.52 Å². The van der Waals surface area contributed by atoms with Gasteiger partial charge in [-0.2, -0.15) is 0 Å². The molecule has 0 spiro atoms. The first-order valence-corrected chi connectivity index (χ1v) is 11.8. The SMILES string of the molecule is CCCCO[Si](C)(OCCCC)c1cccc(S(=O)(=O)N=[N+]=[N-])c1. The normalized spacial score (nSPS) is 12.0. The minimum atomic E-state index is -4.02. The average Bonchev–Trinajstić information content (AvgIpc) is 2.55. The maximum absolute atomic E-state index is 11.9. The average molecular weight is 372 g/mol. The van der Waals surface area contributed by atoms with E-state index in [1.807, 2.05) is 6.55 Å². The Hall–Kier alpha value is -1.38. The lowest BCUT2D eigenvalue weighted by Gasteiger charge is -2.27. The summed E-state index contributed by atoms with van der Waals surface area (Å²) in [5.41, 5.74) is 8.42. The van der Waals surface area contributed by atoms with Crippen molar-refractivity contribution in [3.8, 4) is 0 Å². The van der Waals surface area contributed by atoms with Crippen molar-refractivity contribution in [2.75, 3.05) is 13.2 Å². The van der Waals surface area contributed by atoms with Crippen LogP contribution in [0.15, 0.2) is 33.7 Å². The molecule has 0 aromatic heterocycles. The third-order valence-electron chi connectivity index (χ3n) is 3.55. The highest BCUT2D eigenvalue weighted by Gasteiger charge is 2.35. The Morgan fingerprint density at radius 1 is 1.17 bits per heavy atom. The van der Waals surface area contributed by atoms with Crippen LogP contribution < -0.4 is 5.19 Å². The molecule has 0 aliphatic carbocycles. The van der Waals surface area contributed by atoms with Crippen LogP contribution in [0.25, 0.3) is 10.4 Å². The molecule has 9 heteroatoms. The minimum Gasteiger partial charge on any atom is -0.391 e. The number of sulfonamides is 1. The maximum Gasteiger partial charge on any atom is 0.369 e. The van der Waals surface area contributed by atoms with Crippen LogP contribution in [0.4, 0.5) is 0 Å². The molecule has 0 unspecified atom stereocenters. The summed E-state index contributed by atoms with van der Waals surface area (Å²) < 4.78 is 38.9. The molecule has 0 atom stereocenters. The van der Waals surface area contributed by atoms with E-state index in [0.717, 1.165) is 25.7 Å². The van der Waals surface area contributed by atoms with E-state index in [2.05, 4.69) is 23.3 Å². The van der Waals surface area contributed by atoms with E-state index in [1.54, 1.807) is 12.1 Å². The molecule has 1 aromatic carbocycles. The number of unbranched alkanes of at least 4 members (excludes halogenated alkanes) is 2. The third-order valence-corrected chi connectivity index (χ3v) is 7.56. The van der Waals surface area contributed by atoms with Crippen LogP contribution in [-0.4, -0.2) is 30.2 Å². The van der Waals surface area contributed by atoms with Gasteiger partial charge in [0.25, 0.3) is 10.0 Å². The van der Waals surface area contributed by atoms with Crippen LogP contribution in [0, 0.1) is 0 Å². The number of rotatable bonds is 11. The molecule has 7 nitrogen and oxygen atoms in total. The fourth-order valence-electron chi connectivity index (χ4n) is 2.07. The van der Waals surface area contributed by atoms with Gasteiger partial charge in [0.2, 0.25) is 0 Å². The minimum absolute atomic E-state index is 0.0466. The number of nitrogens with zero attached hydrogens (tertiary/aromatic N) is 3. The lowest BCUT2D eigenvalue weighted by molar-refractivity contribution is 0.181. The first-order chi connectivity index (χ1) is 11.4. The molecule has 0 heterocycles. The van der Waals surface area contributed by atoms with Gasteiger partial charge < -0.3 is 8.85 Å². The molecule has 0 amide bonds. The molecule has 0 aliphatic heterocycles. The largest absolute Gasteiger partial charge is 0.391 e. The van der Waals surface area contributed by atoms with Gasteiger partial charge in [0.05, 0.1) is 4.90 Å². The zero-order valence-electron chi connectivity index (χ0n) is 14.4. The van der Waals surface area contributed by atoms with Gasteiger partial charge in [0, 0.05) is 22.6 Å². The Bertz CT molecular complexity index is 665. The van der Waals surface area contributed by atoms with E-state index < -0.39 is 18.6 Å². The fraction of sp³-hybridized carbons (Fsp3) is 0.600. The monoisotopic (exact) mass is 371 g/mol. The summed E-state index contributed by atoms with van der Waals surface area (Å²) in [6.45, 7) is 7.20. The molecule has 0 N–H and O–H groups in total. The third kappa shape index (κ3) is 5.92. The van der Waals surface area contributed by atoms with E-state index in [-0.39, 0.29) is 4.90 Å². The van der Waals surface area contributed by atoms with Crippen molar-refractivity contribution in [3.63, 3.8) is 0 Å². The van der Waals surface area contributed by atoms with Crippen molar-refractivity contribution in [2.45, 2.75) is 51.0 Å². The molecule has 0 bridgehead atoms. The van der Waals surface area contributed by atoms with Crippen molar-refractivity contribution < 1.29 is 17.3 Å². The van der Waals surface area contributed by atoms with Crippen molar-refractivity contribution in [1.82, 2.24) is 0 Å². The lowest BCUT2D eigenvalue weighted by atomic mass is 10.4. The van der Waals surface area contributed by atoms with Gasteiger partial charge in [-0.25, -0.2) is 8.42 Å². The van der Waals surface area contributed by atoms with Crippen molar-refractivity contribution in [3.05, 3.63) is 34.7 Å².